The molecule has 0 atom stereocenters. The molecule has 2 heterocycles. The maximum absolute atomic E-state index is 5.79. The van der Waals surface area contributed by atoms with Gasteiger partial charge < -0.3 is 20.5 Å². The summed E-state index contributed by atoms with van der Waals surface area (Å²) in [5.74, 6) is 0.964. The predicted molar refractivity (Wildman–Crippen MR) is 74.8 cm³/mol. The molecule has 2 aromatic rings. The molecule has 3 rings (SSSR count). The number of rotatable bonds is 1. The third-order valence-corrected chi connectivity index (χ3v) is 3.51. The van der Waals surface area contributed by atoms with Crippen molar-refractivity contribution in [2.75, 3.05) is 43.9 Å². The fraction of sp³-hybridized carbons (Fsp3) is 0.462. The number of H-pyrrole nitrogens is 1. The van der Waals surface area contributed by atoms with Crippen molar-refractivity contribution in [3.05, 3.63) is 18.2 Å². The second-order valence-corrected chi connectivity index (χ2v) is 4.98. The molecular formula is C13H19N5. The first-order valence-corrected chi connectivity index (χ1v) is 6.41. The Morgan fingerprint density at radius 3 is 3.00 bits per heavy atom. The standard InChI is InChI=1S/C13H19N5/c1-17-5-2-6-18(8-7-17)13-15-11-4-3-10(14)9-12(11)16-13/h3-4,9H,2,5-8,14H2,1H3,(H,15,16). The van der Waals surface area contributed by atoms with Crippen molar-refractivity contribution < 1.29 is 0 Å². The number of nitrogens with one attached hydrogen (secondary N) is 1. The zero-order valence-electron chi connectivity index (χ0n) is 10.7. The van der Waals surface area contributed by atoms with Gasteiger partial charge in [-0.05, 0) is 38.2 Å². The second-order valence-electron chi connectivity index (χ2n) is 4.98. The lowest BCUT2D eigenvalue weighted by molar-refractivity contribution is 0.360. The average molecular weight is 245 g/mol. The van der Waals surface area contributed by atoms with E-state index in [0.717, 1.165) is 48.8 Å². The Morgan fingerprint density at radius 2 is 2.11 bits per heavy atom. The van der Waals surface area contributed by atoms with E-state index in [1.165, 1.54) is 6.42 Å². The maximum atomic E-state index is 5.79. The van der Waals surface area contributed by atoms with E-state index in [9.17, 15) is 0 Å². The number of anilines is 2. The van der Waals surface area contributed by atoms with Crippen molar-refractivity contribution in [3.63, 3.8) is 0 Å². The number of likely N-dealkylation sites (N-methyl/N-ethyl adjacent to an activating group) is 1. The number of hydrogen-bond acceptors (Lipinski definition) is 4. The molecule has 3 N–H and O–H groups in total. The van der Waals surface area contributed by atoms with Crippen LogP contribution in [0.5, 0.6) is 0 Å². The Bertz CT molecular complexity index is 547. The molecule has 0 bridgehead atoms. The molecule has 1 aliphatic rings. The van der Waals surface area contributed by atoms with Gasteiger partial charge in [-0.1, -0.05) is 0 Å². The highest BCUT2D eigenvalue weighted by Crippen LogP contribution is 2.20. The van der Waals surface area contributed by atoms with Crippen molar-refractivity contribution in [2.45, 2.75) is 6.42 Å². The molecule has 0 aliphatic carbocycles. The van der Waals surface area contributed by atoms with Gasteiger partial charge in [-0.25, -0.2) is 4.98 Å². The Kier molecular flexibility index (Phi) is 2.83. The molecule has 0 radical (unpaired) electrons. The van der Waals surface area contributed by atoms with Crippen LogP contribution in [-0.2, 0) is 0 Å². The van der Waals surface area contributed by atoms with Crippen LogP contribution < -0.4 is 10.6 Å². The largest absolute Gasteiger partial charge is 0.399 e. The molecule has 5 nitrogen and oxygen atoms in total. The fourth-order valence-corrected chi connectivity index (χ4v) is 2.42. The zero-order valence-corrected chi connectivity index (χ0v) is 10.7. The quantitative estimate of drug-likeness (QED) is 0.743. The van der Waals surface area contributed by atoms with Gasteiger partial charge in [-0.3, -0.25) is 0 Å². The molecule has 1 saturated heterocycles. The monoisotopic (exact) mass is 245 g/mol. The number of imidazole rings is 1. The van der Waals surface area contributed by atoms with Crippen LogP contribution in [-0.4, -0.2) is 48.1 Å². The normalized spacial score (nSPS) is 18.2. The van der Waals surface area contributed by atoms with Crippen molar-refractivity contribution in [3.8, 4) is 0 Å². The second kappa shape index (κ2) is 4.49. The van der Waals surface area contributed by atoms with E-state index in [4.69, 9.17) is 5.73 Å². The predicted octanol–water partition coefficient (Wildman–Crippen LogP) is 1.29. The number of benzene rings is 1. The average Bonchev–Trinajstić information content (AvgIpc) is 2.63. The lowest BCUT2D eigenvalue weighted by atomic mass is 10.3. The van der Waals surface area contributed by atoms with E-state index >= 15 is 0 Å². The van der Waals surface area contributed by atoms with Gasteiger partial charge in [0, 0.05) is 25.3 Å². The number of aromatic amines is 1. The molecular weight excluding hydrogens is 226 g/mol. The molecule has 0 unspecified atom stereocenters. The summed E-state index contributed by atoms with van der Waals surface area (Å²) in [6.45, 7) is 4.31. The van der Waals surface area contributed by atoms with E-state index < -0.39 is 0 Å². The number of fused-ring (bicyclic) bond motifs is 1. The van der Waals surface area contributed by atoms with Crippen LogP contribution in [0.25, 0.3) is 11.0 Å². The molecule has 1 fully saturated rings. The molecule has 1 aromatic carbocycles. The van der Waals surface area contributed by atoms with E-state index in [-0.39, 0.29) is 0 Å². The summed E-state index contributed by atoms with van der Waals surface area (Å²) in [6.07, 6.45) is 1.18. The summed E-state index contributed by atoms with van der Waals surface area (Å²) in [7, 11) is 2.17. The van der Waals surface area contributed by atoms with Crippen LogP contribution >= 0.6 is 0 Å². The highest BCUT2D eigenvalue weighted by molar-refractivity contribution is 5.80. The van der Waals surface area contributed by atoms with Crippen LogP contribution in [0.2, 0.25) is 0 Å². The molecule has 0 amide bonds. The first-order chi connectivity index (χ1) is 8.72. The maximum Gasteiger partial charge on any atom is 0.203 e. The van der Waals surface area contributed by atoms with Gasteiger partial charge in [-0.2, -0.15) is 0 Å². The minimum atomic E-state index is 0.772. The van der Waals surface area contributed by atoms with Crippen LogP contribution in [0.15, 0.2) is 18.2 Å². The van der Waals surface area contributed by atoms with Crippen LogP contribution in [0.4, 0.5) is 11.6 Å². The van der Waals surface area contributed by atoms with E-state index in [2.05, 4.69) is 26.8 Å². The third kappa shape index (κ3) is 2.13. The van der Waals surface area contributed by atoms with Gasteiger partial charge >= 0.3 is 0 Å². The van der Waals surface area contributed by atoms with Crippen molar-refractivity contribution in [1.82, 2.24) is 14.9 Å². The van der Waals surface area contributed by atoms with Gasteiger partial charge in [0.25, 0.3) is 0 Å². The smallest absolute Gasteiger partial charge is 0.203 e. The highest BCUT2D eigenvalue weighted by Gasteiger charge is 2.15. The lowest BCUT2D eigenvalue weighted by Crippen LogP contribution is -2.29. The highest BCUT2D eigenvalue weighted by atomic mass is 15.3. The number of nitrogens with zero attached hydrogens (tertiary/aromatic N) is 3. The molecule has 1 aliphatic heterocycles. The topological polar surface area (TPSA) is 61.2 Å². The van der Waals surface area contributed by atoms with Crippen LogP contribution in [0.1, 0.15) is 6.42 Å². The summed E-state index contributed by atoms with van der Waals surface area (Å²) in [5.41, 5.74) is 8.56. The molecule has 1 aromatic heterocycles. The summed E-state index contributed by atoms with van der Waals surface area (Å²) in [6, 6.07) is 5.80. The van der Waals surface area contributed by atoms with E-state index in [1.54, 1.807) is 0 Å². The first-order valence-electron chi connectivity index (χ1n) is 6.41. The number of nitrogens with two attached hydrogens (primary N) is 1. The SMILES string of the molecule is CN1CCCN(c2nc3ccc(N)cc3[nH]2)CC1. The Balaban J connectivity index is 1.89. The molecule has 0 spiro atoms. The number of nitrogen functional groups attached to an aromatic ring is 1. The molecule has 96 valence electrons. The number of aromatic nitrogens is 2. The lowest BCUT2D eigenvalue weighted by Gasteiger charge is -2.19. The number of hydrogen-bond donors (Lipinski definition) is 2. The van der Waals surface area contributed by atoms with Gasteiger partial charge in [0.15, 0.2) is 0 Å². The van der Waals surface area contributed by atoms with Crippen molar-refractivity contribution in [2.24, 2.45) is 0 Å². The fourth-order valence-electron chi connectivity index (χ4n) is 2.42. The van der Waals surface area contributed by atoms with Crippen LogP contribution in [0, 0.1) is 0 Å². The molecule has 5 heteroatoms. The van der Waals surface area contributed by atoms with Gasteiger partial charge in [0.2, 0.25) is 5.95 Å². The van der Waals surface area contributed by atoms with Crippen molar-refractivity contribution in [1.29, 1.82) is 0 Å². The Morgan fingerprint density at radius 1 is 1.22 bits per heavy atom. The Labute approximate surface area is 107 Å². The van der Waals surface area contributed by atoms with E-state index in [1.807, 2.05) is 18.2 Å². The summed E-state index contributed by atoms with van der Waals surface area (Å²) >= 11 is 0. The summed E-state index contributed by atoms with van der Waals surface area (Å²) in [4.78, 5) is 12.7. The third-order valence-electron chi connectivity index (χ3n) is 3.51. The Hall–Kier alpha value is -1.75. The summed E-state index contributed by atoms with van der Waals surface area (Å²) < 4.78 is 0. The minimum absolute atomic E-state index is 0.772. The van der Waals surface area contributed by atoms with Gasteiger partial charge in [0.05, 0.1) is 11.0 Å². The van der Waals surface area contributed by atoms with Gasteiger partial charge in [-0.15, -0.1) is 0 Å². The summed E-state index contributed by atoms with van der Waals surface area (Å²) in [5, 5.41) is 0. The molecule has 18 heavy (non-hydrogen) atoms. The van der Waals surface area contributed by atoms with E-state index in [0.29, 0.717) is 0 Å². The zero-order chi connectivity index (χ0) is 12.5. The molecule has 0 saturated carbocycles. The van der Waals surface area contributed by atoms with Gasteiger partial charge in [0.1, 0.15) is 0 Å². The minimum Gasteiger partial charge on any atom is -0.399 e. The van der Waals surface area contributed by atoms with Crippen molar-refractivity contribution >= 4 is 22.7 Å². The first kappa shape index (κ1) is 11.3. The van der Waals surface area contributed by atoms with Crippen LogP contribution in [0.3, 0.4) is 0 Å².